The number of ether oxygens (including phenoxy) is 1. The van der Waals surface area contributed by atoms with E-state index in [0.717, 1.165) is 16.6 Å². The van der Waals surface area contributed by atoms with Crippen LogP contribution in [-0.2, 0) is 9.53 Å². The number of nitrogens with one attached hydrogen (secondary N) is 3. The van der Waals surface area contributed by atoms with Gasteiger partial charge in [-0.15, -0.1) is 0 Å². The van der Waals surface area contributed by atoms with E-state index in [-0.39, 0.29) is 18.7 Å². The zero-order chi connectivity index (χ0) is 16.8. The van der Waals surface area contributed by atoms with Gasteiger partial charge in [-0.05, 0) is 43.9 Å². The van der Waals surface area contributed by atoms with Gasteiger partial charge >= 0.3 is 5.97 Å². The Morgan fingerprint density at radius 3 is 3.00 bits per heavy atom. The van der Waals surface area contributed by atoms with Crippen molar-refractivity contribution in [1.82, 2.24) is 15.5 Å². The number of carbonyl (C=O) groups excluding carboxylic acids is 1. The topological polar surface area (TPSA) is 79.0 Å². The number of aromatic nitrogens is 2. The molecule has 1 unspecified atom stereocenters. The summed E-state index contributed by atoms with van der Waals surface area (Å²) in [6.45, 7) is 2.48. The first-order valence-electron chi connectivity index (χ1n) is 8.85. The zero-order valence-electron chi connectivity index (χ0n) is 14.2. The summed E-state index contributed by atoms with van der Waals surface area (Å²) < 4.78 is 5.04. The van der Waals surface area contributed by atoms with Gasteiger partial charge in [0.25, 0.3) is 0 Å². The smallest absolute Gasteiger partial charge is 0.319 e. The van der Waals surface area contributed by atoms with Gasteiger partial charge in [0.05, 0.1) is 31.0 Å². The van der Waals surface area contributed by atoms with Gasteiger partial charge in [-0.1, -0.05) is 19.3 Å². The number of esters is 1. The number of H-pyrrole nitrogens is 1. The van der Waals surface area contributed by atoms with Crippen molar-refractivity contribution in [2.75, 3.05) is 18.5 Å². The summed E-state index contributed by atoms with van der Waals surface area (Å²) in [6.07, 6.45) is 8.07. The molecule has 2 aromatic rings. The lowest BCUT2D eigenvalue weighted by Gasteiger charge is -2.32. The van der Waals surface area contributed by atoms with Crippen molar-refractivity contribution in [1.29, 1.82) is 0 Å². The van der Waals surface area contributed by atoms with Crippen molar-refractivity contribution in [3.05, 3.63) is 24.4 Å². The van der Waals surface area contributed by atoms with Gasteiger partial charge in [-0.25, -0.2) is 0 Å². The van der Waals surface area contributed by atoms with Crippen LogP contribution in [-0.4, -0.2) is 35.5 Å². The Balaban J connectivity index is 1.68. The second-order valence-corrected chi connectivity index (χ2v) is 6.38. The molecule has 0 spiro atoms. The van der Waals surface area contributed by atoms with Crippen LogP contribution in [0.25, 0.3) is 10.9 Å². The molecule has 1 aromatic carbocycles. The maximum Gasteiger partial charge on any atom is 0.319 e. The predicted molar refractivity (Wildman–Crippen MR) is 94.7 cm³/mol. The number of rotatable bonds is 7. The summed E-state index contributed by atoms with van der Waals surface area (Å²) in [5.74, 6) is 0.318. The number of anilines is 1. The minimum atomic E-state index is -0.203. The molecule has 24 heavy (non-hydrogen) atoms. The summed E-state index contributed by atoms with van der Waals surface area (Å²) in [7, 11) is 0. The molecule has 0 aliphatic heterocycles. The minimum Gasteiger partial charge on any atom is -0.465 e. The third-order valence-corrected chi connectivity index (χ3v) is 4.66. The fraction of sp³-hybridized carbons (Fsp3) is 0.556. The molecule has 1 atom stereocenters. The monoisotopic (exact) mass is 330 g/mol. The van der Waals surface area contributed by atoms with Gasteiger partial charge in [0.2, 0.25) is 0 Å². The van der Waals surface area contributed by atoms with Crippen LogP contribution >= 0.6 is 0 Å². The lowest BCUT2D eigenvalue weighted by Crippen LogP contribution is -2.45. The van der Waals surface area contributed by atoms with E-state index in [4.69, 9.17) is 4.74 Å². The lowest BCUT2D eigenvalue weighted by atomic mass is 9.86. The first kappa shape index (κ1) is 16.8. The van der Waals surface area contributed by atoms with Crippen molar-refractivity contribution in [3.8, 4) is 0 Å². The van der Waals surface area contributed by atoms with Gasteiger partial charge < -0.3 is 10.1 Å². The fourth-order valence-corrected chi connectivity index (χ4v) is 3.42. The average molecular weight is 330 g/mol. The molecule has 1 saturated carbocycles. The van der Waals surface area contributed by atoms with E-state index in [2.05, 4.69) is 26.9 Å². The molecule has 6 heteroatoms. The van der Waals surface area contributed by atoms with Crippen LogP contribution in [0.2, 0.25) is 0 Å². The summed E-state index contributed by atoms with van der Waals surface area (Å²) in [4.78, 5) is 11.7. The second-order valence-electron chi connectivity index (χ2n) is 6.38. The normalized spacial score (nSPS) is 16.9. The van der Waals surface area contributed by atoms with Gasteiger partial charge in [-0.2, -0.15) is 5.10 Å². The maximum atomic E-state index is 11.7. The summed E-state index contributed by atoms with van der Waals surface area (Å²) in [5, 5.41) is 15.0. The van der Waals surface area contributed by atoms with E-state index in [1.807, 2.05) is 25.3 Å². The van der Waals surface area contributed by atoms with Gasteiger partial charge in [0.1, 0.15) is 0 Å². The molecule has 3 N–H and O–H groups in total. The van der Waals surface area contributed by atoms with Crippen LogP contribution in [0, 0.1) is 5.92 Å². The maximum absolute atomic E-state index is 11.7. The lowest BCUT2D eigenvalue weighted by molar-refractivity contribution is -0.142. The van der Waals surface area contributed by atoms with E-state index in [9.17, 15) is 4.79 Å². The SMILES string of the molecule is CCOC(=O)CNC(Nc1ccc2[nH]ncc2c1)C1CCCCC1. The molecule has 1 aromatic heterocycles. The van der Waals surface area contributed by atoms with Gasteiger partial charge in [0, 0.05) is 11.1 Å². The highest BCUT2D eigenvalue weighted by Crippen LogP contribution is 2.28. The van der Waals surface area contributed by atoms with E-state index < -0.39 is 0 Å². The van der Waals surface area contributed by atoms with Crippen LogP contribution in [0.3, 0.4) is 0 Å². The Morgan fingerprint density at radius 1 is 1.38 bits per heavy atom. The standard InChI is InChI=1S/C18H26N4O2/c1-2-24-17(23)12-19-18(13-6-4-3-5-7-13)21-15-8-9-16-14(10-15)11-20-22-16/h8-11,13,18-19,21H,2-7,12H2,1H3,(H,20,22). The molecular formula is C18H26N4O2. The van der Waals surface area contributed by atoms with Crippen LogP contribution in [0.4, 0.5) is 5.69 Å². The van der Waals surface area contributed by atoms with E-state index in [1.165, 1.54) is 32.1 Å². The van der Waals surface area contributed by atoms with Crippen molar-refractivity contribution >= 4 is 22.6 Å². The number of aromatic amines is 1. The van der Waals surface area contributed by atoms with E-state index in [0.29, 0.717) is 12.5 Å². The molecule has 0 saturated heterocycles. The Labute approximate surface area is 142 Å². The molecule has 0 amide bonds. The van der Waals surface area contributed by atoms with Crippen LogP contribution in [0.15, 0.2) is 24.4 Å². The third kappa shape index (κ3) is 4.26. The number of benzene rings is 1. The van der Waals surface area contributed by atoms with Crippen LogP contribution in [0.1, 0.15) is 39.0 Å². The molecule has 3 rings (SSSR count). The molecule has 130 valence electrons. The molecule has 6 nitrogen and oxygen atoms in total. The molecule has 1 heterocycles. The predicted octanol–water partition coefficient (Wildman–Crippen LogP) is 3.03. The molecule has 1 fully saturated rings. The van der Waals surface area contributed by atoms with Crippen molar-refractivity contribution < 1.29 is 9.53 Å². The summed E-state index contributed by atoms with van der Waals surface area (Å²) >= 11 is 0. The third-order valence-electron chi connectivity index (χ3n) is 4.66. The minimum absolute atomic E-state index is 0.0686. The number of carbonyl (C=O) groups is 1. The Hall–Kier alpha value is -2.08. The summed E-state index contributed by atoms with van der Waals surface area (Å²) in [6, 6.07) is 6.15. The molecule has 1 aliphatic carbocycles. The highest BCUT2D eigenvalue weighted by Gasteiger charge is 2.24. The first-order chi connectivity index (χ1) is 11.8. The first-order valence-corrected chi connectivity index (χ1v) is 8.85. The second kappa shape index (κ2) is 8.15. The van der Waals surface area contributed by atoms with Gasteiger partial charge in [-0.3, -0.25) is 15.2 Å². The Bertz CT molecular complexity index is 664. The highest BCUT2D eigenvalue weighted by atomic mass is 16.5. The number of nitrogens with zero attached hydrogens (tertiary/aromatic N) is 1. The fourth-order valence-electron chi connectivity index (χ4n) is 3.42. The largest absolute Gasteiger partial charge is 0.465 e. The van der Waals surface area contributed by atoms with Crippen molar-refractivity contribution in [2.45, 2.75) is 45.2 Å². The van der Waals surface area contributed by atoms with Crippen molar-refractivity contribution in [2.24, 2.45) is 5.92 Å². The van der Waals surface area contributed by atoms with Crippen molar-refractivity contribution in [3.63, 3.8) is 0 Å². The van der Waals surface area contributed by atoms with Gasteiger partial charge in [0.15, 0.2) is 0 Å². The number of fused-ring (bicyclic) bond motifs is 1. The highest BCUT2D eigenvalue weighted by molar-refractivity contribution is 5.81. The Morgan fingerprint density at radius 2 is 2.21 bits per heavy atom. The van der Waals surface area contributed by atoms with E-state index >= 15 is 0 Å². The average Bonchev–Trinajstić information content (AvgIpc) is 3.07. The van der Waals surface area contributed by atoms with Crippen LogP contribution < -0.4 is 10.6 Å². The zero-order valence-corrected chi connectivity index (χ0v) is 14.2. The number of hydrogen-bond donors (Lipinski definition) is 3. The summed E-state index contributed by atoms with van der Waals surface area (Å²) in [5.41, 5.74) is 2.06. The Kier molecular flexibility index (Phi) is 5.69. The van der Waals surface area contributed by atoms with Crippen LogP contribution in [0.5, 0.6) is 0 Å². The molecule has 0 bridgehead atoms. The molecular weight excluding hydrogens is 304 g/mol. The molecule has 0 radical (unpaired) electrons. The number of hydrogen-bond acceptors (Lipinski definition) is 5. The molecule has 1 aliphatic rings. The quantitative estimate of drug-likeness (QED) is 0.537. The van der Waals surface area contributed by atoms with E-state index in [1.54, 1.807) is 0 Å².